The van der Waals surface area contributed by atoms with E-state index in [4.69, 9.17) is 5.11 Å². The van der Waals surface area contributed by atoms with Crippen molar-refractivity contribution in [3.63, 3.8) is 0 Å². The Kier molecular flexibility index (Phi) is 3.65. The highest BCUT2D eigenvalue weighted by molar-refractivity contribution is 5.72. The zero-order chi connectivity index (χ0) is 12.3. The minimum atomic E-state index is -0.997. The molecule has 0 aromatic carbocycles. The highest BCUT2D eigenvalue weighted by atomic mass is 16.4. The van der Waals surface area contributed by atoms with Crippen molar-refractivity contribution >= 4 is 11.8 Å². The van der Waals surface area contributed by atoms with Gasteiger partial charge in [-0.05, 0) is 13.8 Å². The number of aliphatic carboxylic acids is 1. The molecule has 6 heteroatoms. The lowest BCUT2D eigenvalue weighted by atomic mass is 10.4. The molecule has 1 N–H and O–H groups in total. The average molecular weight is 225 g/mol. The molecule has 0 radical (unpaired) electrons. The molecule has 0 spiro atoms. The number of rotatable bonds is 4. The average Bonchev–Trinajstić information content (AvgIpc) is 2.16. The van der Waals surface area contributed by atoms with E-state index in [0.29, 0.717) is 0 Å². The molecule has 0 fully saturated rings. The van der Waals surface area contributed by atoms with E-state index in [0.717, 1.165) is 0 Å². The zero-order valence-corrected chi connectivity index (χ0v) is 9.54. The normalized spacial score (nSPS) is 10.5. The van der Waals surface area contributed by atoms with Crippen LogP contribution in [0.25, 0.3) is 0 Å². The Balaban J connectivity index is 3.10. The zero-order valence-electron chi connectivity index (χ0n) is 9.54. The molecule has 1 rings (SSSR count). The number of nitrogens with zero attached hydrogens (tertiary/aromatic N) is 3. The summed E-state index contributed by atoms with van der Waals surface area (Å²) in [4.78, 5) is 27.7. The third kappa shape index (κ3) is 2.59. The quantitative estimate of drug-likeness (QED) is 0.800. The number of likely N-dealkylation sites (N-methyl/N-ethyl adjacent to an activating group) is 1. The Morgan fingerprint density at radius 1 is 1.62 bits per heavy atom. The largest absolute Gasteiger partial charge is 0.480 e. The van der Waals surface area contributed by atoms with Crippen molar-refractivity contribution in [2.75, 3.05) is 18.5 Å². The van der Waals surface area contributed by atoms with Gasteiger partial charge in [-0.3, -0.25) is 9.59 Å². The number of carboxylic acid groups (broad SMARTS) is 1. The molecular weight excluding hydrogens is 210 g/mol. The minimum Gasteiger partial charge on any atom is -0.480 e. The predicted octanol–water partition coefficient (Wildman–Crippen LogP) is 0.345. The Bertz CT molecular complexity index is 439. The molecule has 0 aliphatic heterocycles. The van der Waals surface area contributed by atoms with E-state index in [1.54, 1.807) is 6.20 Å². The molecule has 1 aromatic heterocycles. The summed E-state index contributed by atoms with van der Waals surface area (Å²) in [6, 6.07) is 0.0208. The molecular formula is C10H15N3O3. The first-order chi connectivity index (χ1) is 7.43. The highest BCUT2D eigenvalue weighted by Crippen LogP contribution is 2.04. The topological polar surface area (TPSA) is 75.4 Å². The summed E-state index contributed by atoms with van der Waals surface area (Å²) in [5.74, 6) is -0.845. The van der Waals surface area contributed by atoms with Gasteiger partial charge in [0.25, 0.3) is 5.56 Å². The number of hydrogen-bond donors (Lipinski definition) is 1. The van der Waals surface area contributed by atoms with Crippen molar-refractivity contribution in [3.05, 3.63) is 22.7 Å². The van der Waals surface area contributed by atoms with Gasteiger partial charge in [-0.2, -0.15) is 0 Å². The van der Waals surface area contributed by atoms with Crippen molar-refractivity contribution in [1.29, 1.82) is 0 Å². The fraction of sp³-hybridized carbons (Fsp3) is 0.500. The van der Waals surface area contributed by atoms with E-state index in [-0.39, 0.29) is 24.0 Å². The maximum Gasteiger partial charge on any atom is 0.323 e. The smallest absolute Gasteiger partial charge is 0.323 e. The first-order valence-corrected chi connectivity index (χ1v) is 4.93. The molecule has 0 unspecified atom stereocenters. The second-order valence-electron chi connectivity index (χ2n) is 3.81. The molecule has 1 heterocycles. The molecule has 0 aliphatic carbocycles. The third-order valence-corrected chi connectivity index (χ3v) is 2.14. The summed E-state index contributed by atoms with van der Waals surface area (Å²) in [7, 11) is 1.53. The van der Waals surface area contributed by atoms with Crippen LogP contribution in [0.2, 0.25) is 0 Å². The van der Waals surface area contributed by atoms with Crippen LogP contribution < -0.4 is 10.5 Å². The maximum atomic E-state index is 11.9. The summed E-state index contributed by atoms with van der Waals surface area (Å²) in [6.07, 6.45) is 3.08. The predicted molar refractivity (Wildman–Crippen MR) is 59.8 cm³/mol. The molecule has 0 amide bonds. The first-order valence-electron chi connectivity index (χ1n) is 4.93. The number of carboxylic acids is 1. The summed E-state index contributed by atoms with van der Waals surface area (Å²) < 4.78 is 1.51. The van der Waals surface area contributed by atoms with Crippen LogP contribution >= 0.6 is 0 Å². The van der Waals surface area contributed by atoms with Crippen LogP contribution in [0.15, 0.2) is 17.2 Å². The van der Waals surface area contributed by atoms with Gasteiger partial charge < -0.3 is 14.6 Å². The lowest BCUT2D eigenvalue weighted by Gasteiger charge is -2.17. The van der Waals surface area contributed by atoms with Crippen molar-refractivity contribution in [1.82, 2.24) is 9.55 Å². The van der Waals surface area contributed by atoms with Crippen LogP contribution in [-0.4, -0.2) is 34.2 Å². The SMILES string of the molecule is CC(C)n1ccnc(N(C)CC(=O)O)c1=O. The van der Waals surface area contributed by atoms with Gasteiger partial charge in [-0.15, -0.1) is 0 Å². The van der Waals surface area contributed by atoms with Gasteiger partial charge in [0.1, 0.15) is 6.54 Å². The van der Waals surface area contributed by atoms with Crippen LogP contribution in [0.5, 0.6) is 0 Å². The summed E-state index contributed by atoms with van der Waals surface area (Å²) in [5, 5.41) is 8.64. The number of hydrogen-bond acceptors (Lipinski definition) is 4. The van der Waals surface area contributed by atoms with Gasteiger partial charge in [0, 0.05) is 25.5 Å². The first kappa shape index (κ1) is 12.2. The van der Waals surface area contributed by atoms with E-state index < -0.39 is 5.97 Å². The van der Waals surface area contributed by atoms with E-state index >= 15 is 0 Å². The van der Waals surface area contributed by atoms with Gasteiger partial charge in [0.05, 0.1) is 0 Å². The summed E-state index contributed by atoms with van der Waals surface area (Å²) in [5.41, 5.74) is -0.277. The summed E-state index contributed by atoms with van der Waals surface area (Å²) >= 11 is 0. The minimum absolute atomic E-state index is 0.0208. The Morgan fingerprint density at radius 2 is 2.25 bits per heavy atom. The monoisotopic (exact) mass is 225 g/mol. The second-order valence-corrected chi connectivity index (χ2v) is 3.81. The highest BCUT2D eigenvalue weighted by Gasteiger charge is 2.13. The van der Waals surface area contributed by atoms with Crippen LogP contribution in [0.1, 0.15) is 19.9 Å². The van der Waals surface area contributed by atoms with Crippen molar-refractivity contribution in [2.24, 2.45) is 0 Å². The Labute approximate surface area is 93.1 Å². The van der Waals surface area contributed by atoms with Crippen LogP contribution in [0.4, 0.5) is 5.82 Å². The van der Waals surface area contributed by atoms with E-state index in [2.05, 4.69) is 4.98 Å². The van der Waals surface area contributed by atoms with Gasteiger partial charge >= 0.3 is 5.97 Å². The van der Waals surface area contributed by atoms with E-state index in [1.165, 1.54) is 22.7 Å². The number of carbonyl (C=O) groups is 1. The fourth-order valence-corrected chi connectivity index (χ4v) is 1.36. The van der Waals surface area contributed by atoms with Gasteiger partial charge in [0.15, 0.2) is 5.82 Å². The molecule has 1 aromatic rings. The maximum absolute atomic E-state index is 11.9. The van der Waals surface area contributed by atoms with Gasteiger partial charge in [-0.1, -0.05) is 0 Å². The molecule has 0 aliphatic rings. The number of aromatic nitrogens is 2. The molecule has 0 saturated carbocycles. The van der Waals surface area contributed by atoms with Crippen LogP contribution in [0, 0.1) is 0 Å². The number of anilines is 1. The lowest BCUT2D eigenvalue weighted by Crippen LogP contribution is -2.34. The Morgan fingerprint density at radius 3 is 2.75 bits per heavy atom. The standard InChI is InChI=1S/C10H15N3O3/c1-7(2)13-5-4-11-9(10(13)16)12(3)6-8(14)15/h4-5,7H,6H2,1-3H3,(H,14,15). The molecule has 6 nitrogen and oxygen atoms in total. The van der Waals surface area contributed by atoms with Crippen molar-refractivity contribution in [2.45, 2.75) is 19.9 Å². The molecule has 88 valence electrons. The van der Waals surface area contributed by atoms with Crippen LogP contribution in [0.3, 0.4) is 0 Å². The molecule has 0 saturated heterocycles. The molecule has 0 bridgehead atoms. The Hall–Kier alpha value is -1.85. The van der Waals surface area contributed by atoms with E-state index in [1.807, 2.05) is 13.8 Å². The molecule has 0 atom stereocenters. The molecule has 16 heavy (non-hydrogen) atoms. The second kappa shape index (κ2) is 4.78. The fourth-order valence-electron chi connectivity index (χ4n) is 1.36. The van der Waals surface area contributed by atoms with Gasteiger partial charge in [0.2, 0.25) is 0 Å². The van der Waals surface area contributed by atoms with Crippen LogP contribution in [-0.2, 0) is 4.79 Å². The lowest BCUT2D eigenvalue weighted by molar-refractivity contribution is -0.135. The van der Waals surface area contributed by atoms with Crippen molar-refractivity contribution < 1.29 is 9.90 Å². The van der Waals surface area contributed by atoms with E-state index in [9.17, 15) is 9.59 Å². The third-order valence-electron chi connectivity index (χ3n) is 2.14. The van der Waals surface area contributed by atoms with Crippen molar-refractivity contribution in [3.8, 4) is 0 Å². The summed E-state index contributed by atoms with van der Waals surface area (Å²) in [6.45, 7) is 3.51. The van der Waals surface area contributed by atoms with Gasteiger partial charge in [-0.25, -0.2) is 4.98 Å².